The second-order valence-corrected chi connectivity index (χ2v) is 9.13. The molecule has 0 radical (unpaired) electrons. The molecule has 0 aliphatic carbocycles. The number of nitrogens with zero attached hydrogens (tertiary/aromatic N) is 3. The van der Waals surface area contributed by atoms with Crippen LogP contribution in [0.2, 0.25) is 0 Å². The lowest BCUT2D eigenvalue weighted by atomic mass is 10.1. The zero-order valence-corrected chi connectivity index (χ0v) is 21.0. The molecular formula is C26H29F2N3O5. The SMILES string of the molecule is COc1c(OC(C)C)nc(N(Cc2cccnc2)c2cccc(C(=O)OOC(C)(C)C)c2)c(F)c1F. The summed E-state index contributed by atoms with van der Waals surface area (Å²) in [6.07, 6.45) is 2.81. The van der Waals surface area contributed by atoms with Crippen LogP contribution in [-0.4, -0.2) is 34.8 Å². The molecule has 8 nitrogen and oxygen atoms in total. The maximum absolute atomic E-state index is 15.4. The van der Waals surface area contributed by atoms with Crippen LogP contribution in [0.3, 0.4) is 0 Å². The minimum atomic E-state index is -1.25. The van der Waals surface area contributed by atoms with Gasteiger partial charge in [0, 0.05) is 18.1 Å². The fourth-order valence-corrected chi connectivity index (χ4v) is 3.12. The number of methoxy groups -OCH3 is 1. The van der Waals surface area contributed by atoms with Crippen molar-refractivity contribution < 1.29 is 32.8 Å². The predicted octanol–water partition coefficient (Wildman–Crippen LogP) is 5.78. The molecule has 0 saturated heterocycles. The van der Waals surface area contributed by atoms with Crippen LogP contribution in [0, 0.1) is 11.6 Å². The van der Waals surface area contributed by atoms with Gasteiger partial charge in [-0.3, -0.25) is 9.87 Å². The highest BCUT2D eigenvalue weighted by Gasteiger charge is 2.28. The molecule has 36 heavy (non-hydrogen) atoms. The van der Waals surface area contributed by atoms with Crippen molar-refractivity contribution in [2.24, 2.45) is 0 Å². The van der Waals surface area contributed by atoms with Crippen LogP contribution in [0.25, 0.3) is 0 Å². The third-order valence-corrected chi connectivity index (χ3v) is 4.62. The van der Waals surface area contributed by atoms with E-state index in [1.165, 1.54) is 24.1 Å². The topological polar surface area (TPSA) is 83.0 Å². The quantitative estimate of drug-likeness (QED) is 0.270. The summed E-state index contributed by atoms with van der Waals surface area (Å²) in [6.45, 7) is 8.71. The predicted molar refractivity (Wildman–Crippen MR) is 129 cm³/mol. The average Bonchev–Trinajstić information content (AvgIpc) is 2.83. The molecule has 2 heterocycles. The highest BCUT2D eigenvalue weighted by molar-refractivity contribution is 5.90. The zero-order valence-electron chi connectivity index (χ0n) is 21.0. The molecule has 1 aromatic carbocycles. The maximum Gasteiger partial charge on any atom is 0.373 e. The molecule has 0 atom stereocenters. The number of benzene rings is 1. The first kappa shape index (κ1) is 26.8. The van der Waals surface area contributed by atoms with Crippen LogP contribution in [-0.2, 0) is 16.3 Å². The summed E-state index contributed by atoms with van der Waals surface area (Å²) in [4.78, 5) is 32.4. The van der Waals surface area contributed by atoms with E-state index in [0.717, 1.165) is 0 Å². The number of carbonyl (C=O) groups excluding carboxylic acids is 1. The van der Waals surface area contributed by atoms with Gasteiger partial charge in [-0.1, -0.05) is 12.1 Å². The van der Waals surface area contributed by atoms with Crippen molar-refractivity contribution in [1.82, 2.24) is 9.97 Å². The number of ether oxygens (including phenoxy) is 2. The second-order valence-electron chi connectivity index (χ2n) is 9.13. The van der Waals surface area contributed by atoms with E-state index in [1.54, 1.807) is 71.3 Å². The molecule has 0 spiro atoms. The lowest BCUT2D eigenvalue weighted by molar-refractivity contribution is -0.301. The number of carbonyl (C=O) groups is 1. The van der Waals surface area contributed by atoms with Gasteiger partial charge in [0.2, 0.25) is 17.4 Å². The Morgan fingerprint density at radius 1 is 1.11 bits per heavy atom. The van der Waals surface area contributed by atoms with Gasteiger partial charge in [0.25, 0.3) is 5.88 Å². The molecule has 0 aliphatic heterocycles. The molecule has 192 valence electrons. The number of anilines is 2. The van der Waals surface area contributed by atoms with E-state index in [-0.39, 0.29) is 29.9 Å². The standard InChI is InChI=1S/C26H29F2N3O5/c1-16(2)34-24-22(33-6)20(27)21(28)23(30-24)31(15-17-9-8-12-29-14-17)19-11-7-10-18(13-19)25(32)35-36-26(3,4)5/h7-14,16H,15H2,1-6H3. The molecule has 0 bridgehead atoms. The van der Waals surface area contributed by atoms with Crippen molar-refractivity contribution in [3.63, 3.8) is 0 Å². The molecule has 0 N–H and O–H groups in total. The largest absolute Gasteiger partial charge is 0.489 e. The maximum atomic E-state index is 15.4. The van der Waals surface area contributed by atoms with E-state index in [4.69, 9.17) is 19.2 Å². The number of pyridine rings is 2. The van der Waals surface area contributed by atoms with Gasteiger partial charge in [0.1, 0.15) is 5.60 Å². The lowest BCUT2D eigenvalue weighted by Gasteiger charge is -2.26. The highest BCUT2D eigenvalue weighted by atomic mass is 19.2. The Kier molecular flexibility index (Phi) is 8.41. The van der Waals surface area contributed by atoms with Crippen molar-refractivity contribution in [3.8, 4) is 11.6 Å². The number of aromatic nitrogens is 2. The van der Waals surface area contributed by atoms with Crippen molar-refractivity contribution in [3.05, 3.63) is 71.6 Å². The van der Waals surface area contributed by atoms with E-state index in [1.807, 2.05) is 0 Å². The van der Waals surface area contributed by atoms with Crippen LogP contribution in [0.1, 0.15) is 50.5 Å². The van der Waals surface area contributed by atoms with Gasteiger partial charge >= 0.3 is 5.97 Å². The highest BCUT2D eigenvalue weighted by Crippen LogP contribution is 2.38. The fraction of sp³-hybridized carbons (Fsp3) is 0.346. The lowest BCUT2D eigenvalue weighted by Crippen LogP contribution is -2.23. The van der Waals surface area contributed by atoms with E-state index >= 15 is 8.78 Å². The third kappa shape index (κ3) is 6.66. The van der Waals surface area contributed by atoms with Crippen LogP contribution in [0.4, 0.5) is 20.3 Å². The Hall–Kier alpha value is -3.79. The molecule has 0 amide bonds. The van der Waals surface area contributed by atoms with E-state index in [0.29, 0.717) is 11.3 Å². The summed E-state index contributed by atoms with van der Waals surface area (Å²) in [6, 6.07) is 9.70. The van der Waals surface area contributed by atoms with Crippen LogP contribution >= 0.6 is 0 Å². The summed E-state index contributed by atoms with van der Waals surface area (Å²) < 4.78 is 41.0. The third-order valence-electron chi connectivity index (χ3n) is 4.62. The van der Waals surface area contributed by atoms with Gasteiger partial charge in [-0.2, -0.15) is 18.7 Å². The summed E-state index contributed by atoms with van der Waals surface area (Å²) in [5.74, 6) is -4.23. The molecule has 0 fully saturated rings. The Balaban J connectivity index is 2.11. The van der Waals surface area contributed by atoms with E-state index < -0.39 is 29.0 Å². The number of hydrogen-bond donors (Lipinski definition) is 0. The van der Waals surface area contributed by atoms with Gasteiger partial charge in [-0.25, -0.2) is 4.79 Å². The summed E-state index contributed by atoms with van der Waals surface area (Å²) in [5, 5.41) is 0. The minimum absolute atomic E-state index is 0.0572. The Morgan fingerprint density at radius 2 is 1.86 bits per heavy atom. The van der Waals surface area contributed by atoms with Crippen molar-refractivity contribution >= 4 is 17.5 Å². The monoisotopic (exact) mass is 501 g/mol. The van der Waals surface area contributed by atoms with Crippen LogP contribution < -0.4 is 14.4 Å². The van der Waals surface area contributed by atoms with E-state index in [9.17, 15) is 4.79 Å². The molecular weight excluding hydrogens is 472 g/mol. The smallest absolute Gasteiger partial charge is 0.373 e. The van der Waals surface area contributed by atoms with Gasteiger partial charge in [0.05, 0.1) is 25.3 Å². The molecule has 3 rings (SSSR count). The molecule has 3 aromatic rings. The summed E-state index contributed by atoms with van der Waals surface area (Å²) >= 11 is 0. The molecule has 2 aromatic heterocycles. The second kappa shape index (κ2) is 11.3. The molecule has 0 aliphatic rings. The first-order valence-electron chi connectivity index (χ1n) is 11.3. The Bertz CT molecular complexity index is 1200. The number of hydrogen-bond acceptors (Lipinski definition) is 8. The Labute approximate surface area is 208 Å². The first-order valence-corrected chi connectivity index (χ1v) is 11.3. The van der Waals surface area contributed by atoms with E-state index in [2.05, 4.69) is 9.97 Å². The zero-order chi connectivity index (χ0) is 26.5. The van der Waals surface area contributed by atoms with Gasteiger partial charge in [-0.15, -0.1) is 0 Å². The Morgan fingerprint density at radius 3 is 2.47 bits per heavy atom. The van der Waals surface area contributed by atoms with Crippen LogP contribution in [0.15, 0.2) is 48.8 Å². The van der Waals surface area contributed by atoms with Crippen molar-refractivity contribution in [2.75, 3.05) is 12.0 Å². The number of halogens is 2. The molecule has 0 unspecified atom stereocenters. The first-order chi connectivity index (χ1) is 17.0. The van der Waals surface area contributed by atoms with Gasteiger partial charge < -0.3 is 14.4 Å². The normalized spacial score (nSPS) is 11.4. The van der Waals surface area contributed by atoms with Gasteiger partial charge in [0.15, 0.2) is 5.82 Å². The molecule has 10 heteroatoms. The van der Waals surface area contributed by atoms with Crippen molar-refractivity contribution in [1.29, 1.82) is 0 Å². The number of rotatable bonds is 9. The van der Waals surface area contributed by atoms with Crippen LogP contribution in [0.5, 0.6) is 11.6 Å². The van der Waals surface area contributed by atoms with Crippen molar-refractivity contribution in [2.45, 2.75) is 52.9 Å². The average molecular weight is 502 g/mol. The summed E-state index contributed by atoms with van der Waals surface area (Å²) in [5.41, 5.74) is 0.460. The molecule has 0 saturated carbocycles. The van der Waals surface area contributed by atoms with Gasteiger partial charge in [-0.05, 0) is 64.4 Å². The minimum Gasteiger partial charge on any atom is -0.489 e. The fourth-order valence-electron chi connectivity index (χ4n) is 3.12. The summed E-state index contributed by atoms with van der Waals surface area (Å²) in [7, 11) is 1.20.